The lowest BCUT2D eigenvalue weighted by Crippen LogP contribution is -2.26. The molecular formula is C18H17F3N2O4S. The molecule has 28 heavy (non-hydrogen) atoms. The molecule has 3 rings (SSSR count). The number of methoxy groups -OCH3 is 1. The minimum atomic E-state index is -4.48. The van der Waals surface area contributed by atoms with Gasteiger partial charge in [-0.2, -0.15) is 13.2 Å². The minimum absolute atomic E-state index is 0.0249. The predicted molar refractivity (Wildman–Crippen MR) is 95.7 cm³/mol. The quantitative estimate of drug-likeness (QED) is 0.759. The van der Waals surface area contributed by atoms with Crippen molar-refractivity contribution in [3.8, 4) is 5.75 Å². The van der Waals surface area contributed by atoms with Crippen molar-refractivity contribution in [2.24, 2.45) is 0 Å². The molecule has 0 aliphatic heterocycles. The summed E-state index contributed by atoms with van der Waals surface area (Å²) in [5.74, 6) is -0.579. The minimum Gasteiger partial charge on any atom is -0.495 e. The van der Waals surface area contributed by atoms with Gasteiger partial charge in [0, 0.05) is 17.3 Å². The van der Waals surface area contributed by atoms with Crippen molar-refractivity contribution in [1.29, 1.82) is 0 Å². The number of nitrogens with one attached hydrogen (secondary N) is 2. The van der Waals surface area contributed by atoms with Crippen LogP contribution < -0.4 is 14.8 Å². The molecule has 1 aliphatic rings. The van der Waals surface area contributed by atoms with Crippen LogP contribution in [-0.2, 0) is 16.2 Å². The number of carbonyl (C=O) groups excluding carboxylic acids is 1. The van der Waals surface area contributed by atoms with Crippen LogP contribution in [0.1, 0.15) is 28.8 Å². The monoisotopic (exact) mass is 414 g/mol. The number of carbonyl (C=O) groups is 1. The highest BCUT2D eigenvalue weighted by molar-refractivity contribution is 7.89. The van der Waals surface area contributed by atoms with Gasteiger partial charge in [0.05, 0.1) is 12.7 Å². The lowest BCUT2D eigenvalue weighted by molar-refractivity contribution is -0.137. The third-order valence-electron chi connectivity index (χ3n) is 4.08. The Balaban J connectivity index is 1.83. The Bertz CT molecular complexity index is 985. The van der Waals surface area contributed by atoms with E-state index in [4.69, 9.17) is 4.74 Å². The first-order valence-electron chi connectivity index (χ1n) is 8.29. The van der Waals surface area contributed by atoms with Gasteiger partial charge in [-0.05, 0) is 55.3 Å². The molecule has 0 spiro atoms. The van der Waals surface area contributed by atoms with Crippen LogP contribution in [0.25, 0.3) is 0 Å². The van der Waals surface area contributed by atoms with Gasteiger partial charge in [-0.15, -0.1) is 0 Å². The zero-order valence-electron chi connectivity index (χ0n) is 14.7. The molecule has 1 saturated carbocycles. The Hall–Kier alpha value is -2.59. The number of rotatable bonds is 6. The van der Waals surface area contributed by atoms with E-state index in [1.54, 1.807) is 0 Å². The molecule has 2 N–H and O–H groups in total. The summed E-state index contributed by atoms with van der Waals surface area (Å²) in [7, 11) is -2.56. The average molecular weight is 414 g/mol. The van der Waals surface area contributed by atoms with Crippen LogP contribution in [0, 0.1) is 0 Å². The van der Waals surface area contributed by atoms with E-state index < -0.39 is 27.7 Å². The molecule has 10 heteroatoms. The second kappa shape index (κ2) is 7.44. The maximum Gasteiger partial charge on any atom is 0.416 e. The maximum absolute atomic E-state index is 12.6. The van der Waals surface area contributed by atoms with Crippen molar-refractivity contribution >= 4 is 21.6 Å². The highest BCUT2D eigenvalue weighted by atomic mass is 32.2. The number of benzene rings is 2. The lowest BCUT2D eigenvalue weighted by Gasteiger charge is -2.13. The van der Waals surface area contributed by atoms with Gasteiger partial charge in [0.1, 0.15) is 10.6 Å². The normalized spacial score (nSPS) is 14.6. The molecule has 0 bridgehead atoms. The molecule has 2 aromatic rings. The zero-order chi connectivity index (χ0) is 20.5. The summed E-state index contributed by atoms with van der Waals surface area (Å²) in [5.41, 5.74) is -0.666. The molecule has 0 atom stereocenters. The second-order valence-electron chi connectivity index (χ2n) is 6.29. The number of hydrogen-bond donors (Lipinski definition) is 2. The Morgan fingerprint density at radius 3 is 2.29 bits per heavy atom. The summed E-state index contributed by atoms with van der Waals surface area (Å²) in [6, 6.07) is 7.70. The summed E-state index contributed by atoms with van der Waals surface area (Å²) in [6.45, 7) is 0. The fourth-order valence-electron chi connectivity index (χ4n) is 2.46. The first-order valence-corrected chi connectivity index (χ1v) is 9.77. The van der Waals surface area contributed by atoms with Gasteiger partial charge in [0.15, 0.2) is 0 Å². The molecule has 1 aliphatic carbocycles. The molecule has 1 amide bonds. The van der Waals surface area contributed by atoms with Gasteiger partial charge < -0.3 is 10.1 Å². The largest absolute Gasteiger partial charge is 0.495 e. The molecule has 6 nitrogen and oxygen atoms in total. The van der Waals surface area contributed by atoms with Gasteiger partial charge in [-0.3, -0.25) is 4.79 Å². The summed E-state index contributed by atoms with van der Waals surface area (Å²) in [4.78, 5) is 12.2. The number of anilines is 1. The summed E-state index contributed by atoms with van der Waals surface area (Å²) in [5, 5.41) is 2.44. The van der Waals surface area contributed by atoms with Crippen molar-refractivity contribution < 1.29 is 31.1 Å². The molecular weight excluding hydrogens is 397 g/mol. The molecule has 150 valence electrons. The van der Waals surface area contributed by atoms with Crippen LogP contribution in [0.4, 0.5) is 18.9 Å². The van der Waals surface area contributed by atoms with E-state index in [2.05, 4.69) is 10.0 Å². The first kappa shape index (κ1) is 20.2. The molecule has 0 heterocycles. The highest BCUT2D eigenvalue weighted by Gasteiger charge is 2.31. The molecule has 0 unspecified atom stereocenters. The summed E-state index contributed by atoms with van der Waals surface area (Å²) < 4.78 is 70.4. The zero-order valence-corrected chi connectivity index (χ0v) is 15.5. The third-order valence-corrected chi connectivity index (χ3v) is 5.63. The average Bonchev–Trinajstić information content (AvgIpc) is 3.44. The number of halogens is 3. The third kappa shape index (κ3) is 4.63. The van der Waals surface area contributed by atoms with Crippen molar-refractivity contribution in [2.75, 3.05) is 12.4 Å². The van der Waals surface area contributed by atoms with Crippen molar-refractivity contribution in [3.63, 3.8) is 0 Å². The van der Waals surface area contributed by atoms with Gasteiger partial charge >= 0.3 is 6.18 Å². The molecule has 0 radical (unpaired) electrons. The SMILES string of the molecule is COc1ccc(C(=O)Nc2ccc(C(F)(F)F)cc2)cc1S(=O)(=O)NC1CC1. The smallest absolute Gasteiger partial charge is 0.416 e. The van der Waals surface area contributed by atoms with E-state index >= 15 is 0 Å². The molecule has 0 aromatic heterocycles. The number of sulfonamides is 1. The van der Waals surface area contributed by atoms with Gasteiger partial charge in [0.2, 0.25) is 10.0 Å². The molecule has 2 aromatic carbocycles. The number of alkyl halides is 3. The van der Waals surface area contributed by atoms with Crippen LogP contribution in [-0.4, -0.2) is 27.5 Å². The van der Waals surface area contributed by atoms with E-state index in [1.165, 1.54) is 25.3 Å². The van der Waals surface area contributed by atoms with E-state index in [1.807, 2.05) is 0 Å². The maximum atomic E-state index is 12.6. The fraction of sp³-hybridized carbons (Fsp3) is 0.278. The van der Waals surface area contributed by atoms with Gasteiger partial charge in [0.25, 0.3) is 5.91 Å². The van der Waals surface area contributed by atoms with Gasteiger partial charge in [-0.25, -0.2) is 13.1 Å². The van der Waals surface area contributed by atoms with E-state index in [-0.39, 0.29) is 27.9 Å². The van der Waals surface area contributed by atoms with Crippen LogP contribution in [0.15, 0.2) is 47.4 Å². The Morgan fingerprint density at radius 1 is 1.11 bits per heavy atom. The number of ether oxygens (including phenoxy) is 1. The number of hydrogen-bond acceptors (Lipinski definition) is 4. The highest BCUT2D eigenvalue weighted by Crippen LogP contribution is 2.31. The van der Waals surface area contributed by atoms with E-state index in [0.29, 0.717) is 0 Å². The topological polar surface area (TPSA) is 84.5 Å². The van der Waals surface area contributed by atoms with Crippen LogP contribution in [0.5, 0.6) is 5.75 Å². The Labute approximate surface area is 159 Å². The lowest BCUT2D eigenvalue weighted by atomic mass is 10.1. The van der Waals surface area contributed by atoms with Crippen LogP contribution in [0.2, 0.25) is 0 Å². The van der Waals surface area contributed by atoms with E-state index in [0.717, 1.165) is 37.1 Å². The standard InChI is InChI=1S/C18H17F3N2O4S/c1-27-15-9-2-11(10-16(15)28(25,26)23-14-7-8-14)17(24)22-13-5-3-12(4-6-13)18(19,20)21/h2-6,9-10,14,23H,7-8H2,1H3,(H,22,24). The van der Waals surface area contributed by atoms with Crippen LogP contribution >= 0.6 is 0 Å². The molecule has 0 saturated heterocycles. The second-order valence-corrected chi connectivity index (χ2v) is 7.97. The Morgan fingerprint density at radius 2 is 1.75 bits per heavy atom. The first-order chi connectivity index (χ1) is 13.1. The summed E-state index contributed by atoms with van der Waals surface area (Å²) in [6.07, 6.45) is -2.98. The van der Waals surface area contributed by atoms with E-state index in [9.17, 15) is 26.4 Å². The van der Waals surface area contributed by atoms with Crippen molar-refractivity contribution in [3.05, 3.63) is 53.6 Å². The predicted octanol–water partition coefficient (Wildman–Crippen LogP) is 3.41. The van der Waals surface area contributed by atoms with Crippen molar-refractivity contribution in [1.82, 2.24) is 4.72 Å². The van der Waals surface area contributed by atoms with Crippen molar-refractivity contribution in [2.45, 2.75) is 30.0 Å². The number of amides is 1. The summed E-state index contributed by atoms with van der Waals surface area (Å²) >= 11 is 0. The molecule has 1 fully saturated rings. The fourth-order valence-corrected chi connectivity index (χ4v) is 3.96. The van der Waals surface area contributed by atoms with Gasteiger partial charge in [-0.1, -0.05) is 0 Å². The Kier molecular flexibility index (Phi) is 5.35. The van der Waals surface area contributed by atoms with Crippen LogP contribution in [0.3, 0.4) is 0 Å².